The van der Waals surface area contributed by atoms with Crippen molar-refractivity contribution >= 4 is 0 Å². The Morgan fingerprint density at radius 2 is 1.67 bits per heavy atom. The predicted octanol–water partition coefficient (Wildman–Crippen LogP) is 3.92. The first-order chi connectivity index (χ1) is 8.26. The summed E-state index contributed by atoms with van der Waals surface area (Å²) in [6.45, 7) is 2.02. The fraction of sp³-hybridized carbons (Fsp3) is 0.538. The maximum atomic E-state index is 12.6. The van der Waals surface area contributed by atoms with E-state index in [0.717, 1.165) is 24.1 Å². The maximum Gasteiger partial charge on any atom is 0.424 e. The van der Waals surface area contributed by atoms with Gasteiger partial charge in [0.15, 0.2) is 0 Å². The van der Waals surface area contributed by atoms with Crippen LogP contribution in [0.3, 0.4) is 0 Å². The van der Waals surface area contributed by atoms with Crippen molar-refractivity contribution in [2.24, 2.45) is 0 Å². The highest BCUT2D eigenvalue weighted by Crippen LogP contribution is 2.39. The molecule has 1 aromatic rings. The van der Waals surface area contributed by atoms with Crippen LogP contribution in [0.1, 0.15) is 37.3 Å². The SMILES string of the molecule is CCC(C)c1ccc(C(O)(CF)C(F)(F)F)cc1. The van der Waals surface area contributed by atoms with Crippen LogP contribution >= 0.6 is 0 Å². The third kappa shape index (κ3) is 2.66. The van der Waals surface area contributed by atoms with Crippen LogP contribution in [0, 0.1) is 0 Å². The molecule has 0 aromatic heterocycles. The van der Waals surface area contributed by atoms with Gasteiger partial charge in [0.25, 0.3) is 0 Å². The molecule has 0 bridgehead atoms. The van der Waals surface area contributed by atoms with Crippen molar-refractivity contribution in [3.05, 3.63) is 35.4 Å². The number of hydrogen-bond acceptors (Lipinski definition) is 1. The Labute approximate surface area is 103 Å². The summed E-state index contributed by atoms with van der Waals surface area (Å²) >= 11 is 0. The average Bonchev–Trinajstić information content (AvgIpc) is 2.35. The largest absolute Gasteiger partial charge is 0.424 e. The van der Waals surface area contributed by atoms with Crippen molar-refractivity contribution in [2.45, 2.75) is 38.0 Å². The van der Waals surface area contributed by atoms with Gasteiger partial charge in [0.1, 0.15) is 6.67 Å². The topological polar surface area (TPSA) is 20.2 Å². The van der Waals surface area contributed by atoms with Gasteiger partial charge in [-0.2, -0.15) is 13.2 Å². The molecule has 0 heterocycles. The number of benzene rings is 1. The van der Waals surface area contributed by atoms with E-state index in [9.17, 15) is 22.7 Å². The molecule has 2 unspecified atom stereocenters. The highest BCUT2D eigenvalue weighted by molar-refractivity contribution is 5.30. The number of hydrogen-bond donors (Lipinski definition) is 1. The number of halogens is 4. The van der Waals surface area contributed by atoms with E-state index in [1.807, 2.05) is 13.8 Å². The summed E-state index contributed by atoms with van der Waals surface area (Å²) in [5.74, 6) is 0.211. The minimum atomic E-state index is -5.03. The molecule has 102 valence electrons. The smallest absolute Gasteiger partial charge is 0.374 e. The van der Waals surface area contributed by atoms with Crippen LogP contribution in [0.4, 0.5) is 17.6 Å². The monoisotopic (exact) mass is 264 g/mol. The molecule has 1 aromatic carbocycles. The zero-order chi connectivity index (χ0) is 14.0. The second-order valence-corrected chi connectivity index (χ2v) is 4.42. The fourth-order valence-electron chi connectivity index (χ4n) is 1.64. The van der Waals surface area contributed by atoms with Crippen LogP contribution in [0.15, 0.2) is 24.3 Å². The average molecular weight is 264 g/mol. The van der Waals surface area contributed by atoms with E-state index in [2.05, 4.69) is 0 Å². The maximum absolute atomic E-state index is 12.6. The molecule has 5 heteroatoms. The van der Waals surface area contributed by atoms with Crippen LogP contribution in [0.2, 0.25) is 0 Å². The second-order valence-electron chi connectivity index (χ2n) is 4.42. The lowest BCUT2D eigenvalue weighted by molar-refractivity contribution is -0.271. The summed E-state index contributed by atoms with van der Waals surface area (Å²) in [6, 6.07) is 5.26. The van der Waals surface area contributed by atoms with Crippen LogP contribution in [0.5, 0.6) is 0 Å². The van der Waals surface area contributed by atoms with Gasteiger partial charge in [0.2, 0.25) is 5.60 Å². The first-order valence-electron chi connectivity index (χ1n) is 5.71. The van der Waals surface area contributed by atoms with E-state index in [1.165, 1.54) is 12.1 Å². The minimum absolute atomic E-state index is 0.211. The van der Waals surface area contributed by atoms with Gasteiger partial charge in [-0.05, 0) is 23.5 Å². The Morgan fingerprint density at radius 3 is 2.00 bits per heavy atom. The summed E-state index contributed by atoms with van der Waals surface area (Å²) in [7, 11) is 0. The van der Waals surface area contributed by atoms with Crippen molar-refractivity contribution in [3.8, 4) is 0 Å². The standard InChI is InChI=1S/C13H16F4O/c1-3-9(2)10-4-6-11(7-5-10)12(18,8-14)13(15,16)17/h4-7,9,18H,3,8H2,1-2H3. The Kier molecular flexibility index (Phi) is 4.37. The van der Waals surface area contributed by atoms with Gasteiger partial charge in [0.05, 0.1) is 0 Å². The molecule has 18 heavy (non-hydrogen) atoms. The van der Waals surface area contributed by atoms with Crippen molar-refractivity contribution in [2.75, 3.05) is 6.67 Å². The Hall–Kier alpha value is -1.10. The predicted molar refractivity (Wildman–Crippen MR) is 61.1 cm³/mol. The third-order valence-electron chi connectivity index (χ3n) is 3.23. The van der Waals surface area contributed by atoms with Crippen LogP contribution < -0.4 is 0 Å². The molecule has 0 aliphatic heterocycles. The quantitative estimate of drug-likeness (QED) is 0.817. The summed E-state index contributed by atoms with van der Waals surface area (Å²) < 4.78 is 50.5. The summed E-state index contributed by atoms with van der Waals surface area (Å²) in [5.41, 5.74) is -3.02. The van der Waals surface area contributed by atoms with E-state index in [4.69, 9.17) is 0 Å². The Balaban J connectivity index is 3.10. The van der Waals surface area contributed by atoms with Crippen molar-refractivity contribution in [3.63, 3.8) is 0 Å². The van der Waals surface area contributed by atoms with Crippen LogP contribution in [-0.2, 0) is 5.60 Å². The van der Waals surface area contributed by atoms with Gasteiger partial charge in [-0.1, -0.05) is 38.1 Å². The lowest BCUT2D eigenvalue weighted by Gasteiger charge is -2.28. The molecular weight excluding hydrogens is 248 g/mol. The first kappa shape index (κ1) is 15.0. The third-order valence-corrected chi connectivity index (χ3v) is 3.23. The molecule has 0 amide bonds. The molecule has 0 saturated carbocycles. The van der Waals surface area contributed by atoms with E-state index in [-0.39, 0.29) is 5.92 Å². The fourth-order valence-corrected chi connectivity index (χ4v) is 1.64. The van der Waals surface area contributed by atoms with Gasteiger partial charge in [0, 0.05) is 0 Å². The van der Waals surface area contributed by atoms with E-state index in [0.29, 0.717) is 0 Å². The molecule has 0 aliphatic rings. The normalized spacial score (nSPS) is 17.3. The molecule has 0 radical (unpaired) electrons. The van der Waals surface area contributed by atoms with E-state index in [1.54, 1.807) is 0 Å². The highest BCUT2D eigenvalue weighted by Gasteiger charge is 2.55. The second kappa shape index (κ2) is 5.26. The molecule has 1 N–H and O–H groups in total. The number of aliphatic hydroxyl groups is 1. The van der Waals surface area contributed by atoms with Gasteiger partial charge < -0.3 is 5.11 Å². The lowest BCUT2D eigenvalue weighted by Crippen LogP contribution is -2.44. The molecule has 2 atom stereocenters. The summed E-state index contributed by atoms with van der Waals surface area (Å²) in [4.78, 5) is 0. The zero-order valence-electron chi connectivity index (χ0n) is 10.3. The van der Waals surface area contributed by atoms with Crippen LogP contribution in [-0.4, -0.2) is 18.0 Å². The summed E-state index contributed by atoms with van der Waals surface area (Å²) in [5, 5.41) is 9.41. The molecule has 0 spiro atoms. The van der Waals surface area contributed by atoms with Gasteiger partial charge in [-0.25, -0.2) is 4.39 Å². The van der Waals surface area contributed by atoms with Crippen LogP contribution in [0.25, 0.3) is 0 Å². The molecule has 1 nitrogen and oxygen atoms in total. The molecular formula is C13H16F4O. The Bertz CT molecular complexity index is 385. The number of rotatable bonds is 4. The van der Waals surface area contributed by atoms with Gasteiger partial charge in [-0.3, -0.25) is 0 Å². The zero-order valence-corrected chi connectivity index (χ0v) is 10.3. The highest BCUT2D eigenvalue weighted by atomic mass is 19.4. The van der Waals surface area contributed by atoms with Gasteiger partial charge >= 0.3 is 6.18 Å². The first-order valence-corrected chi connectivity index (χ1v) is 5.71. The minimum Gasteiger partial charge on any atom is -0.374 e. The number of alkyl halides is 4. The van der Waals surface area contributed by atoms with E-state index < -0.39 is 24.0 Å². The lowest BCUT2D eigenvalue weighted by atomic mass is 9.91. The van der Waals surface area contributed by atoms with Crippen molar-refractivity contribution in [1.82, 2.24) is 0 Å². The van der Waals surface area contributed by atoms with Gasteiger partial charge in [-0.15, -0.1) is 0 Å². The molecule has 0 saturated heterocycles. The Morgan fingerprint density at radius 1 is 1.17 bits per heavy atom. The molecule has 1 rings (SSSR count). The molecule has 0 aliphatic carbocycles. The van der Waals surface area contributed by atoms with E-state index >= 15 is 0 Å². The molecule has 0 fully saturated rings. The van der Waals surface area contributed by atoms with Crippen molar-refractivity contribution in [1.29, 1.82) is 0 Å². The summed E-state index contributed by atoms with van der Waals surface area (Å²) in [6.07, 6.45) is -4.17. The van der Waals surface area contributed by atoms with Crippen molar-refractivity contribution < 1.29 is 22.7 Å².